The Bertz CT molecular complexity index is 681. The molecule has 23 heavy (non-hydrogen) atoms. The minimum absolute atomic E-state index is 0.203. The first-order valence-corrected chi connectivity index (χ1v) is 7.37. The maximum absolute atomic E-state index is 14.4. The molecule has 1 fully saturated rings. The van der Waals surface area contributed by atoms with Gasteiger partial charge in [0.25, 0.3) is 0 Å². The summed E-state index contributed by atoms with van der Waals surface area (Å²) in [6.07, 6.45) is 3.13. The van der Waals surface area contributed by atoms with Crippen LogP contribution in [0.4, 0.5) is 8.78 Å². The maximum atomic E-state index is 14.4. The van der Waals surface area contributed by atoms with Crippen LogP contribution < -0.4 is 5.46 Å². The highest BCUT2D eigenvalue weighted by Crippen LogP contribution is 2.36. The van der Waals surface area contributed by atoms with Crippen molar-refractivity contribution >= 4 is 12.6 Å². The molecule has 1 aromatic heterocycles. The van der Waals surface area contributed by atoms with E-state index in [2.05, 4.69) is 10.3 Å². The summed E-state index contributed by atoms with van der Waals surface area (Å²) in [6.45, 7) is 7.57. The van der Waals surface area contributed by atoms with Gasteiger partial charge in [-0.1, -0.05) is 5.21 Å². The van der Waals surface area contributed by atoms with E-state index in [1.54, 1.807) is 6.20 Å². The average molecular weight is 321 g/mol. The topological polar surface area (TPSA) is 49.2 Å². The van der Waals surface area contributed by atoms with Gasteiger partial charge in [-0.25, -0.2) is 13.5 Å². The van der Waals surface area contributed by atoms with Gasteiger partial charge in [0.15, 0.2) is 0 Å². The molecule has 0 spiro atoms. The highest BCUT2D eigenvalue weighted by molar-refractivity contribution is 6.62. The third-order valence-corrected chi connectivity index (χ3v) is 4.44. The Morgan fingerprint density at radius 2 is 1.65 bits per heavy atom. The van der Waals surface area contributed by atoms with Gasteiger partial charge in [0.2, 0.25) is 0 Å². The summed E-state index contributed by atoms with van der Waals surface area (Å²) in [5.74, 6) is -1.39. The molecule has 1 aliphatic heterocycles. The van der Waals surface area contributed by atoms with E-state index in [1.807, 2.05) is 27.7 Å². The minimum atomic E-state index is -1.07. The lowest BCUT2D eigenvalue weighted by atomic mass is 9.77. The van der Waals surface area contributed by atoms with E-state index in [9.17, 15) is 8.78 Å². The zero-order valence-corrected chi connectivity index (χ0v) is 13.5. The van der Waals surface area contributed by atoms with Crippen molar-refractivity contribution in [3.05, 3.63) is 41.7 Å². The summed E-state index contributed by atoms with van der Waals surface area (Å²) in [6, 6.07) is 2.54. The van der Waals surface area contributed by atoms with Crippen molar-refractivity contribution in [2.45, 2.75) is 45.4 Å². The van der Waals surface area contributed by atoms with Crippen LogP contribution in [-0.4, -0.2) is 33.3 Å². The summed E-state index contributed by atoms with van der Waals surface area (Å²) in [5.41, 5.74) is -1.07. The van der Waals surface area contributed by atoms with Gasteiger partial charge in [0, 0.05) is 6.20 Å². The highest BCUT2D eigenvalue weighted by Gasteiger charge is 2.53. The largest absolute Gasteiger partial charge is 0.500 e. The Morgan fingerprint density at radius 3 is 2.13 bits per heavy atom. The molecule has 2 heterocycles. The number of halogens is 2. The lowest BCUT2D eigenvalue weighted by molar-refractivity contribution is 0.00578. The van der Waals surface area contributed by atoms with Crippen LogP contribution in [0.2, 0.25) is 0 Å². The fourth-order valence-corrected chi connectivity index (χ4v) is 2.42. The smallest absolute Gasteiger partial charge is 0.399 e. The monoisotopic (exact) mass is 321 g/mol. The zero-order chi connectivity index (χ0) is 16.8. The van der Waals surface area contributed by atoms with Crippen molar-refractivity contribution in [1.82, 2.24) is 15.0 Å². The molecule has 0 unspecified atom stereocenters. The Morgan fingerprint density at radius 1 is 1.09 bits per heavy atom. The molecule has 1 saturated heterocycles. The molecule has 0 radical (unpaired) electrons. The van der Waals surface area contributed by atoms with Crippen molar-refractivity contribution in [3.63, 3.8) is 0 Å². The number of benzene rings is 1. The second kappa shape index (κ2) is 5.38. The van der Waals surface area contributed by atoms with E-state index < -0.39 is 30.0 Å². The second-order valence-electron chi connectivity index (χ2n) is 6.66. The molecule has 1 aliphatic rings. The third-order valence-electron chi connectivity index (χ3n) is 4.44. The summed E-state index contributed by atoms with van der Waals surface area (Å²) < 4.78 is 41.8. The van der Waals surface area contributed by atoms with Gasteiger partial charge in [0.1, 0.15) is 11.6 Å². The van der Waals surface area contributed by atoms with Gasteiger partial charge in [-0.05, 0) is 45.4 Å². The van der Waals surface area contributed by atoms with Crippen molar-refractivity contribution in [2.75, 3.05) is 0 Å². The summed E-state index contributed by atoms with van der Waals surface area (Å²) in [5, 5.41) is 7.44. The number of rotatable bonds is 3. The number of nitrogens with zero attached hydrogens (tertiary/aromatic N) is 3. The van der Waals surface area contributed by atoms with E-state index in [4.69, 9.17) is 9.31 Å². The van der Waals surface area contributed by atoms with Crippen LogP contribution in [0.1, 0.15) is 33.3 Å². The highest BCUT2D eigenvalue weighted by atomic mass is 19.1. The molecule has 0 bridgehead atoms. The fourth-order valence-electron chi connectivity index (χ4n) is 2.42. The Balaban J connectivity index is 1.90. The Labute approximate surface area is 133 Å². The minimum Gasteiger partial charge on any atom is -0.399 e. The van der Waals surface area contributed by atoms with E-state index in [0.717, 1.165) is 0 Å². The number of hydrogen-bond donors (Lipinski definition) is 0. The molecule has 0 amide bonds. The van der Waals surface area contributed by atoms with Gasteiger partial charge in [-0.15, -0.1) is 5.10 Å². The molecule has 5 nitrogen and oxygen atoms in total. The molecule has 0 saturated carbocycles. The van der Waals surface area contributed by atoms with Gasteiger partial charge in [0.05, 0.1) is 29.4 Å². The SMILES string of the molecule is CC1(C)OB(c2c(F)cc(Cn3ccnn3)cc2F)OC1(C)C. The van der Waals surface area contributed by atoms with Crippen LogP contribution in [0.15, 0.2) is 24.5 Å². The molecule has 2 aromatic rings. The van der Waals surface area contributed by atoms with Crippen LogP contribution in [0, 0.1) is 11.6 Å². The predicted molar refractivity (Wildman–Crippen MR) is 81.2 cm³/mol. The van der Waals surface area contributed by atoms with E-state index in [-0.39, 0.29) is 12.0 Å². The number of aromatic nitrogens is 3. The predicted octanol–water partition coefficient (Wildman–Crippen LogP) is 1.90. The molecule has 0 aliphatic carbocycles. The van der Waals surface area contributed by atoms with Crippen LogP contribution in [0.25, 0.3) is 0 Å². The lowest BCUT2D eigenvalue weighted by Gasteiger charge is -2.32. The molecule has 3 rings (SSSR count). The average Bonchev–Trinajstić information content (AvgIpc) is 2.95. The second-order valence-corrected chi connectivity index (χ2v) is 6.66. The molecule has 0 atom stereocenters. The Kier molecular flexibility index (Phi) is 3.76. The van der Waals surface area contributed by atoms with Gasteiger partial charge >= 0.3 is 7.12 Å². The van der Waals surface area contributed by atoms with Crippen molar-refractivity contribution in [2.24, 2.45) is 0 Å². The third kappa shape index (κ3) is 2.88. The van der Waals surface area contributed by atoms with Crippen molar-refractivity contribution < 1.29 is 18.1 Å². The molecule has 1 aromatic carbocycles. The standard InChI is InChI=1S/C15H18BF2N3O2/c1-14(2)15(3,4)23-16(22-14)13-11(17)7-10(8-12(13)18)9-21-6-5-19-20-21/h5-8H,9H2,1-4H3. The van der Waals surface area contributed by atoms with Crippen molar-refractivity contribution in [3.8, 4) is 0 Å². The fraction of sp³-hybridized carbons (Fsp3) is 0.467. The molecular formula is C15H18BF2N3O2. The summed E-state index contributed by atoms with van der Waals surface area (Å²) in [4.78, 5) is 0. The maximum Gasteiger partial charge on any atom is 0.500 e. The molecule has 122 valence electrons. The van der Waals surface area contributed by atoms with E-state index in [1.165, 1.54) is 23.0 Å². The van der Waals surface area contributed by atoms with Gasteiger partial charge in [-0.2, -0.15) is 0 Å². The van der Waals surface area contributed by atoms with Gasteiger partial charge < -0.3 is 9.31 Å². The first-order chi connectivity index (χ1) is 10.7. The van der Waals surface area contributed by atoms with Gasteiger partial charge in [-0.3, -0.25) is 0 Å². The van der Waals surface area contributed by atoms with E-state index >= 15 is 0 Å². The van der Waals surface area contributed by atoms with Crippen LogP contribution in [0.3, 0.4) is 0 Å². The quantitative estimate of drug-likeness (QED) is 0.810. The van der Waals surface area contributed by atoms with Crippen LogP contribution >= 0.6 is 0 Å². The molecule has 8 heteroatoms. The van der Waals surface area contributed by atoms with Crippen LogP contribution in [0.5, 0.6) is 0 Å². The molecule has 0 N–H and O–H groups in total. The van der Waals surface area contributed by atoms with E-state index in [0.29, 0.717) is 5.56 Å². The number of hydrogen-bond acceptors (Lipinski definition) is 4. The normalized spacial score (nSPS) is 19.3. The van der Waals surface area contributed by atoms with Crippen LogP contribution in [-0.2, 0) is 15.9 Å². The van der Waals surface area contributed by atoms with Crippen molar-refractivity contribution in [1.29, 1.82) is 0 Å². The first kappa shape index (κ1) is 16.1. The lowest BCUT2D eigenvalue weighted by Crippen LogP contribution is -2.41. The summed E-state index contributed by atoms with van der Waals surface area (Å²) in [7, 11) is -1.07. The first-order valence-electron chi connectivity index (χ1n) is 7.37. The zero-order valence-electron chi connectivity index (χ0n) is 13.5. The Hall–Kier alpha value is -1.80. The summed E-state index contributed by atoms with van der Waals surface area (Å²) >= 11 is 0. The molecular weight excluding hydrogens is 303 g/mol.